The number of nitrogens with zero attached hydrogens (tertiary/aromatic N) is 1. The van der Waals surface area contributed by atoms with Crippen LogP contribution in [0.25, 0.3) is 5.70 Å². The number of hydrazine groups is 1. The lowest BCUT2D eigenvalue weighted by Gasteiger charge is -2.12. The van der Waals surface area contributed by atoms with E-state index in [4.69, 9.17) is 0 Å². The molecule has 2 aromatic rings. The van der Waals surface area contributed by atoms with Crippen LogP contribution >= 0.6 is 0 Å². The molecule has 1 amide bonds. The number of hydrogen-bond acceptors (Lipinski definition) is 4. The Morgan fingerprint density at radius 3 is 2.95 bits per heavy atom. The van der Waals surface area contributed by atoms with E-state index in [1.807, 2.05) is 37.3 Å². The topological polar surface area (TPSA) is 81.8 Å². The predicted molar refractivity (Wildman–Crippen MR) is 76.7 cm³/mol. The van der Waals surface area contributed by atoms with E-state index in [0.717, 1.165) is 11.3 Å². The molecule has 1 unspecified atom stereocenters. The van der Waals surface area contributed by atoms with Crippen LogP contribution < -0.4 is 16.2 Å². The molecule has 0 aliphatic carbocycles. The molecule has 1 aliphatic rings. The Labute approximate surface area is 116 Å². The minimum atomic E-state index is -0.108. The second-order valence-corrected chi connectivity index (χ2v) is 4.57. The summed E-state index contributed by atoms with van der Waals surface area (Å²) >= 11 is 0. The maximum atomic E-state index is 12.0. The Morgan fingerprint density at radius 1 is 1.25 bits per heavy atom. The Balaban J connectivity index is 1.84. The van der Waals surface area contributed by atoms with Crippen LogP contribution in [0.4, 0.5) is 5.82 Å². The molecule has 1 aliphatic heterocycles. The van der Waals surface area contributed by atoms with Crippen LogP contribution in [0.1, 0.15) is 23.0 Å². The van der Waals surface area contributed by atoms with Crippen molar-refractivity contribution in [3.63, 3.8) is 0 Å². The predicted octanol–water partition coefficient (Wildman–Crippen LogP) is 1.50. The summed E-state index contributed by atoms with van der Waals surface area (Å²) in [5, 5.41) is 2.88. The molecule has 3 rings (SSSR count). The number of rotatable bonds is 3. The van der Waals surface area contributed by atoms with Gasteiger partial charge in [-0.05, 0) is 31.2 Å². The van der Waals surface area contributed by atoms with E-state index in [2.05, 4.69) is 26.1 Å². The number of amides is 1. The minimum Gasteiger partial charge on any atom is -0.357 e. The lowest BCUT2D eigenvalue weighted by molar-refractivity contribution is 0.0943. The number of hydrogen-bond donors (Lipinski definition) is 4. The lowest BCUT2D eigenvalue weighted by atomic mass is 10.1. The molecule has 0 radical (unpaired) electrons. The number of carbonyl (C=O) groups is 1. The van der Waals surface area contributed by atoms with Gasteiger partial charge in [-0.3, -0.25) is 15.6 Å². The summed E-state index contributed by atoms with van der Waals surface area (Å²) in [6.07, 6.45) is 5.41. The highest BCUT2D eigenvalue weighted by atomic mass is 16.2. The van der Waals surface area contributed by atoms with E-state index in [9.17, 15) is 4.79 Å². The minimum absolute atomic E-state index is 0.0590. The molecule has 2 aromatic heterocycles. The first-order valence-electron chi connectivity index (χ1n) is 6.37. The number of aromatic amines is 1. The number of aromatic nitrogens is 2. The van der Waals surface area contributed by atoms with Gasteiger partial charge >= 0.3 is 0 Å². The van der Waals surface area contributed by atoms with Gasteiger partial charge in [-0.25, -0.2) is 4.98 Å². The zero-order chi connectivity index (χ0) is 13.9. The number of nitrogens with one attached hydrogen (secondary N) is 4. The van der Waals surface area contributed by atoms with Crippen LogP contribution in [0, 0.1) is 0 Å². The van der Waals surface area contributed by atoms with E-state index in [0.29, 0.717) is 11.5 Å². The van der Waals surface area contributed by atoms with Crippen molar-refractivity contribution in [2.24, 2.45) is 0 Å². The van der Waals surface area contributed by atoms with Crippen LogP contribution in [0.2, 0.25) is 0 Å². The van der Waals surface area contributed by atoms with Crippen LogP contribution in [0.15, 0.2) is 42.7 Å². The Morgan fingerprint density at radius 2 is 2.15 bits per heavy atom. The summed E-state index contributed by atoms with van der Waals surface area (Å²) in [5.41, 5.74) is 8.35. The van der Waals surface area contributed by atoms with E-state index in [1.165, 1.54) is 0 Å². The van der Waals surface area contributed by atoms with Crippen molar-refractivity contribution in [1.29, 1.82) is 0 Å². The van der Waals surface area contributed by atoms with E-state index >= 15 is 0 Å². The number of fused-ring (bicyclic) bond motifs is 1. The molecule has 1 atom stereocenters. The van der Waals surface area contributed by atoms with Crippen LogP contribution in [-0.4, -0.2) is 21.9 Å². The van der Waals surface area contributed by atoms with Crippen molar-refractivity contribution in [2.45, 2.75) is 13.0 Å². The van der Waals surface area contributed by atoms with Crippen molar-refractivity contribution in [3.05, 3.63) is 54.0 Å². The second-order valence-electron chi connectivity index (χ2n) is 4.57. The van der Waals surface area contributed by atoms with Crippen LogP contribution in [0.3, 0.4) is 0 Å². The summed E-state index contributed by atoms with van der Waals surface area (Å²) < 4.78 is 0. The van der Waals surface area contributed by atoms with Gasteiger partial charge in [-0.2, -0.15) is 0 Å². The molecule has 6 nitrogen and oxygen atoms in total. The van der Waals surface area contributed by atoms with Crippen molar-refractivity contribution < 1.29 is 4.79 Å². The molecular formula is C14H15N5O. The first-order chi connectivity index (χ1) is 9.74. The first-order valence-corrected chi connectivity index (χ1v) is 6.37. The number of carbonyl (C=O) groups excluding carboxylic acids is 1. The third-order valence-electron chi connectivity index (χ3n) is 3.03. The summed E-state index contributed by atoms with van der Waals surface area (Å²) in [4.78, 5) is 19.1. The molecule has 102 valence electrons. The molecule has 0 spiro atoms. The summed E-state index contributed by atoms with van der Waals surface area (Å²) in [6, 6.07) is 7.41. The largest absolute Gasteiger partial charge is 0.357 e. The van der Waals surface area contributed by atoms with Crippen LogP contribution in [-0.2, 0) is 0 Å². The smallest absolute Gasteiger partial charge is 0.268 e. The van der Waals surface area contributed by atoms with Crippen molar-refractivity contribution in [3.8, 4) is 0 Å². The average molecular weight is 269 g/mol. The van der Waals surface area contributed by atoms with Crippen molar-refractivity contribution in [1.82, 2.24) is 20.7 Å². The van der Waals surface area contributed by atoms with Gasteiger partial charge in [0.05, 0.1) is 5.70 Å². The molecule has 0 saturated carbocycles. The van der Waals surface area contributed by atoms with Crippen LogP contribution in [0.5, 0.6) is 0 Å². The Hall–Kier alpha value is -2.76. The third kappa shape index (κ3) is 2.35. The SMILES string of the molecule is CC1C=C(NNc2ccccn2)c2cc[nH]c2C(=O)N1. The van der Waals surface area contributed by atoms with E-state index in [1.54, 1.807) is 12.4 Å². The standard InChI is InChI=1S/C14H15N5O/c1-9-8-11(18-19-12-4-2-3-6-15-12)10-5-7-16-13(10)14(20)17-9/h2-9,16,18H,1H3,(H,15,19)(H,17,20). The number of H-pyrrole nitrogens is 1. The van der Waals surface area contributed by atoms with Gasteiger partial charge in [-0.1, -0.05) is 6.07 Å². The molecule has 0 saturated heterocycles. The molecule has 0 bridgehead atoms. The molecule has 0 aromatic carbocycles. The highest BCUT2D eigenvalue weighted by molar-refractivity contribution is 5.99. The third-order valence-corrected chi connectivity index (χ3v) is 3.03. The monoisotopic (exact) mass is 269 g/mol. The molecule has 4 N–H and O–H groups in total. The van der Waals surface area contributed by atoms with Gasteiger partial charge in [0.15, 0.2) is 0 Å². The lowest BCUT2D eigenvalue weighted by Crippen LogP contribution is -2.30. The average Bonchev–Trinajstić information content (AvgIpc) is 2.90. The normalized spacial score (nSPS) is 17.6. The number of pyridine rings is 1. The van der Waals surface area contributed by atoms with Gasteiger partial charge < -0.3 is 10.3 Å². The summed E-state index contributed by atoms with van der Waals surface area (Å²) in [7, 11) is 0. The fourth-order valence-corrected chi connectivity index (χ4v) is 2.12. The molecular weight excluding hydrogens is 254 g/mol. The Kier molecular flexibility index (Phi) is 3.12. The zero-order valence-electron chi connectivity index (χ0n) is 11.0. The fraction of sp³-hybridized carbons (Fsp3) is 0.143. The summed E-state index contributed by atoms with van der Waals surface area (Å²) in [5.74, 6) is 0.602. The second kappa shape index (κ2) is 5.08. The van der Waals surface area contributed by atoms with Gasteiger partial charge in [0.1, 0.15) is 11.5 Å². The summed E-state index contributed by atoms with van der Waals surface area (Å²) in [6.45, 7) is 1.92. The number of anilines is 1. The highest BCUT2D eigenvalue weighted by Gasteiger charge is 2.21. The van der Waals surface area contributed by atoms with Gasteiger partial charge in [0, 0.05) is 24.0 Å². The van der Waals surface area contributed by atoms with Gasteiger partial charge in [-0.15, -0.1) is 0 Å². The molecule has 6 heteroatoms. The first kappa shape index (κ1) is 12.3. The quantitative estimate of drug-likeness (QED) is 0.636. The highest BCUT2D eigenvalue weighted by Crippen LogP contribution is 2.20. The van der Waals surface area contributed by atoms with Gasteiger partial charge in [0.2, 0.25) is 0 Å². The zero-order valence-corrected chi connectivity index (χ0v) is 11.0. The van der Waals surface area contributed by atoms with Gasteiger partial charge in [0.25, 0.3) is 5.91 Å². The molecule has 3 heterocycles. The Bertz CT molecular complexity index is 647. The maximum Gasteiger partial charge on any atom is 0.268 e. The maximum absolute atomic E-state index is 12.0. The van der Waals surface area contributed by atoms with E-state index < -0.39 is 0 Å². The molecule has 0 fully saturated rings. The van der Waals surface area contributed by atoms with Crippen molar-refractivity contribution >= 4 is 17.4 Å². The fourth-order valence-electron chi connectivity index (χ4n) is 2.12. The van der Waals surface area contributed by atoms with E-state index in [-0.39, 0.29) is 11.9 Å². The van der Waals surface area contributed by atoms with Crippen molar-refractivity contribution in [2.75, 3.05) is 5.43 Å². The molecule has 20 heavy (non-hydrogen) atoms.